The van der Waals surface area contributed by atoms with Gasteiger partial charge in [-0.05, 0) is 24.3 Å². The van der Waals surface area contributed by atoms with E-state index in [4.69, 9.17) is 0 Å². The fourth-order valence-corrected chi connectivity index (χ4v) is 3.11. The van der Waals surface area contributed by atoms with E-state index in [2.05, 4.69) is 15.3 Å². The predicted octanol–water partition coefficient (Wildman–Crippen LogP) is 6.09. The molecule has 2 aromatic heterocycles. The van der Waals surface area contributed by atoms with Crippen LogP contribution in [0, 0.1) is 11.2 Å². The zero-order valence-corrected chi connectivity index (χ0v) is 17.1. The topological polar surface area (TPSA) is 54.9 Å². The molecule has 0 bridgehead atoms. The lowest BCUT2D eigenvalue weighted by atomic mass is 9.95. The number of benzene rings is 2. The molecule has 0 aliphatic heterocycles. The molecule has 0 aliphatic rings. The highest BCUT2D eigenvalue weighted by molar-refractivity contribution is 5.98. The Kier molecular flexibility index (Phi) is 5.04. The first-order chi connectivity index (χ1) is 14.3. The Bertz CT molecular complexity index is 1240. The van der Waals surface area contributed by atoms with Crippen LogP contribution < -0.4 is 5.32 Å². The minimum Gasteiger partial charge on any atom is -0.325 e. The van der Waals surface area contributed by atoms with E-state index in [9.17, 15) is 4.79 Å². The minimum absolute atomic E-state index is 0.146. The molecule has 0 radical (unpaired) electrons. The van der Waals surface area contributed by atoms with E-state index in [1.807, 2.05) is 57.2 Å². The third-order valence-corrected chi connectivity index (χ3v) is 4.85. The molecule has 4 nitrogen and oxygen atoms in total. The molecular weight excluding hydrogens is 377 g/mol. The SMILES string of the molecule is CC(C)(C)C(=O)Nc1ccccc1-c1ncc(-c2ccc3ccccc3n2)cc1F. The number of hydrogen-bond acceptors (Lipinski definition) is 3. The fraction of sp³-hybridized carbons (Fsp3) is 0.160. The van der Waals surface area contributed by atoms with Gasteiger partial charge in [-0.1, -0.05) is 63.2 Å². The molecule has 4 aromatic rings. The molecule has 2 heterocycles. The Labute approximate surface area is 174 Å². The van der Waals surface area contributed by atoms with E-state index in [0.717, 1.165) is 10.9 Å². The summed E-state index contributed by atoms with van der Waals surface area (Å²) in [5.74, 6) is -0.618. The zero-order chi connectivity index (χ0) is 21.3. The maximum absolute atomic E-state index is 15.1. The number of anilines is 1. The van der Waals surface area contributed by atoms with Crippen LogP contribution in [-0.4, -0.2) is 15.9 Å². The highest BCUT2D eigenvalue weighted by Crippen LogP contribution is 2.31. The molecule has 0 fully saturated rings. The van der Waals surface area contributed by atoms with Crippen LogP contribution in [0.15, 0.2) is 72.9 Å². The standard InChI is InChI=1S/C25H22FN3O/c1-25(2,3)24(30)29-22-11-7-5-9-18(22)23-19(26)14-17(15-27-23)21-13-12-16-8-4-6-10-20(16)28-21/h4-15H,1-3H3,(H,29,30). The minimum atomic E-state index is -0.565. The van der Waals surface area contributed by atoms with Crippen LogP contribution in [0.4, 0.5) is 10.1 Å². The molecule has 150 valence electrons. The molecule has 0 unspecified atom stereocenters. The van der Waals surface area contributed by atoms with Crippen molar-refractivity contribution in [3.8, 4) is 22.5 Å². The molecule has 0 atom stereocenters. The summed E-state index contributed by atoms with van der Waals surface area (Å²) in [5.41, 5.74) is 2.77. The van der Waals surface area contributed by atoms with Crippen LogP contribution in [0.3, 0.4) is 0 Å². The first-order valence-corrected chi connectivity index (χ1v) is 9.75. The number of pyridine rings is 2. The van der Waals surface area contributed by atoms with Crippen LogP contribution in [-0.2, 0) is 4.79 Å². The second-order valence-electron chi connectivity index (χ2n) is 8.19. The van der Waals surface area contributed by atoms with Crippen molar-refractivity contribution in [1.29, 1.82) is 0 Å². The van der Waals surface area contributed by atoms with E-state index in [-0.39, 0.29) is 11.6 Å². The molecule has 1 amide bonds. The summed E-state index contributed by atoms with van der Waals surface area (Å²) in [7, 11) is 0. The van der Waals surface area contributed by atoms with E-state index >= 15 is 4.39 Å². The number of halogens is 1. The number of rotatable bonds is 3. The second-order valence-corrected chi connectivity index (χ2v) is 8.19. The van der Waals surface area contributed by atoms with Gasteiger partial charge in [-0.15, -0.1) is 0 Å². The molecule has 2 aromatic carbocycles. The van der Waals surface area contributed by atoms with Gasteiger partial charge in [0.25, 0.3) is 0 Å². The van der Waals surface area contributed by atoms with Crippen molar-refractivity contribution in [2.45, 2.75) is 20.8 Å². The van der Waals surface area contributed by atoms with Crippen molar-refractivity contribution in [2.75, 3.05) is 5.32 Å². The van der Waals surface area contributed by atoms with E-state index in [1.54, 1.807) is 30.5 Å². The van der Waals surface area contributed by atoms with Gasteiger partial charge >= 0.3 is 0 Å². The van der Waals surface area contributed by atoms with Crippen LogP contribution >= 0.6 is 0 Å². The maximum Gasteiger partial charge on any atom is 0.229 e. The Balaban J connectivity index is 1.71. The van der Waals surface area contributed by atoms with Crippen molar-refractivity contribution >= 4 is 22.5 Å². The largest absolute Gasteiger partial charge is 0.325 e. The molecule has 4 rings (SSSR count). The van der Waals surface area contributed by atoms with Crippen LogP contribution in [0.2, 0.25) is 0 Å². The predicted molar refractivity (Wildman–Crippen MR) is 118 cm³/mol. The number of para-hydroxylation sites is 2. The van der Waals surface area contributed by atoms with E-state index in [0.29, 0.717) is 22.5 Å². The number of nitrogens with one attached hydrogen (secondary N) is 1. The third-order valence-electron chi connectivity index (χ3n) is 4.85. The Morgan fingerprint density at radius 1 is 0.967 bits per heavy atom. The first-order valence-electron chi connectivity index (χ1n) is 9.75. The molecule has 1 N–H and O–H groups in total. The zero-order valence-electron chi connectivity index (χ0n) is 17.1. The van der Waals surface area contributed by atoms with Crippen LogP contribution in [0.25, 0.3) is 33.4 Å². The summed E-state index contributed by atoms with van der Waals surface area (Å²) in [6.45, 7) is 5.49. The molecule has 0 spiro atoms. The summed E-state index contributed by atoms with van der Waals surface area (Å²) in [6, 6.07) is 20.1. The smallest absolute Gasteiger partial charge is 0.229 e. The summed E-state index contributed by atoms with van der Waals surface area (Å²) in [4.78, 5) is 21.4. The Morgan fingerprint density at radius 2 is 1.70 bits per heavy atom. The third kappa shape index (κ3) is 3.92. The normalized spacial score (nSPS) is 11.5. The molecule has 5 heteroatoms. The molecule has 0 saturated heterocycles. The van der Waals surface area contributed by atoms with Crippen molar-refractivity contribution in [3.63, 3.8) is 0 Å². The molecule has 0 aliphatic carbocycles. The number of carbonyl (C=O) groups excluding carboxylic acids is 1. The highest BCUT2D eigenvalue weighted by Gasteiger charge is 2.23. The molecule has 0 saturated carbocycles. The van der Waals surface area contributed by atoms with Crippen molar-refractivity contribution in [2.24, 2.45) is 5.41 Å². The van der Waals surface area contributed by atoms with Crippen LogP contribution in [0.1, 0.15) is 20.8 Å². The summed E-state index contributed by atoms with van der Waals surface area (Å²) in [5, 5.41) is 3.91. The fourth-order valence-electron chi connectivity index (χ4n) is 3.11. The lowest BCUT2D eigenvalue weighted by Gasteiger charge is -2.19. The van der Waals surface area contributed by atoms with Gasteiger partial charge in [0.15, 0.2) is 0 Å². The lowest BCUT2D eigenvalue weighted by molar-refractivity contribution is -0.123. The maximum atomic E-state index is 15.1. The number of hydrogen-bond donors (Lipinski definition) is 1. The van der Waals surface area contributed by atoms with Gasteiger partial charge < -0.3 is 5.32 Å². The van der Waals surface area contributed by atoms with Crippen LogP contribution in [0.5, 0.6) is 0 Å². The molecular formula is C25H22FN3O. The average molecular weight is 399 g/mol. The van der Waals surface area contributed by atoms with Gasteiger partial charge in [0.05, 0.1) is 16.9 Å². The lowest BCUT2D eigenvalue weighted by Crippen LogP contribution is -2.27. The highest BCUT2D eigenvalue weighted by atomic mass is 19.1. The first kappa shape index (κ1) is 19.7. The monoisotopic (exact) mass is 399 g/mol. The van der Waals surface area contributed by atoms with Gasteiger partial charge in [-0.3, -0.25) is 9.78 Å². The second kappa shape index (κ2) is 7.67. The Hall–Kier alpha value is -3.60. The quantitative estimate of drug-likeness (QED) is 0.454. The van der Waals surface area contributed by atoms with Crippen molar-refractivity contribution in [3.05, 3.63) is 78.7 Å². The summed E-state index contributed by atoms with van der Waals surface area (Å²) in [6.07, 6.45) is 1.61. The summed E-state index contributed by atoms with van der Waals surface area (Å²) < 4.78 is 15.1. The van der Waals surface area contributed by atoms with Gasteiger partial charge in [0.2, 0.25) is 5.91 Å². The number of aromatic nitrogens is 2. The van der Waals surface area contributed by atoms with Gasteiger partial charge in [0, 0.05) is 28.1 Å². The van der Waals surface area contributed by atoms with Gasteiger partial charge in [-0.2, -0.15) is 0 Å². The number of carbonyl (C=O) groups is 1. The Morgan fingerprint density at radius 3 is 2.47 bits per heavy atom. The van der Waals surface area contributed by atoms with E-state index in [1.165, 1.54) is 6.07 Å². The average Bonchev–Trinajstić information content (AvgIpc) is 2.73. The van der Waals surface area contributed by atoms with E-state index < -0.39 is 11.2 Å². The van der Waals surface area contributed by atoms with Gasteiger partial charge in [0.1, 0.15) is 11.5 Å². The number of nitrogens with zero attached hydrogens (tertiary/aromatic N) is 2. The summed E-state index contributed by atoms with van der Waals surface area (Å²) >= 11 is 0. The van der Waals surface area contributed by atoms with Crippen molar-refractivity contribution < 1.29 is 9.18 Å². The molecule has 30 heavy (non-hydrogen) atoms. The van der Waals surface area contributed by atoms with Gasteiger partial charge in [-0.25, -0.2) is 9.37 Å². The van der Waals surface area contributed by atoms with Crippen molar-refractivity contribution in [1.82, 2.24) is 9.97 Å². The number of amides is 1. The number of fused-ring (bicyclic) bond motifs is 1.